The molecular weight excluding hydrogens is 963 g/mol. The predicted molar refractivity (Wildman–Crippen MR) is 283 cm³/mol. The summed E-state index contributed by atoms with van der Waals surface area (Å²) in [5.41, 5.74) is 1.93. The molecule has 3 fully saturated rings. The maximum absolute atomic E-state index is 14.6. The number of carbonyl (C=O) groups is 5. The first-order valence-electron chi connectivity index (χ1n) is 27.1. The largest absolute Gasteiger partial charge is 0.496 e. The van der Waals surface area contributed by atoms with E-state index in [9.17, 15) is 39.3 Å². The highest BCUT2D eigenvalue weighted by Crippen LogP contribution is 2.47. The second kappa shape index (κ2) is 28.1. The van der Waals surface area contributed by atoms with E-state index >= 15 is 0 Å². The van der Waals surface area contributed by atoms with E-state index in [1.807, 2.05) is 58.1 Å². The number of hydrogen-bond donors (Lipinski definition) is 3. The van der Waals surface area contributed by atoms with Crippen LogP contribution < -0.4 is 14.2 Å². The Bertz CT molecular complexity index is 2230. The molecule has 0 radical (unpaired) electrons. The molecule has 1 amide bonds. The number of Topliss-reactive ketones (excluding diaryl/α,β-unsaturated/α-hetero) is 3. The van der Waals surface area contributed by atoms with Crippen LogP contribution in [0.2, 0.25) is 0 Å². The number of esters is 1. The van der Waals surface area contributed by atoms with Crippen LogP contribution in [0, 0.1) is 35.5 Å². The van der Waals surface area contributed by atoms with Gasteiger partial charge < -0.3 is 53.4 Å². The molecule has 2 bridgehead atoms. The van der Waals surface area contributed by atoms with Gasteiger partial charge in [-0.1, -0.05) is 76.6 Å². The number of ether oxygens (including phenoxy) is 7. The number of aliphatic hydroxyl groups excluding tert-OH is 2. The summed E-state index contributed by atoms with van der Waals surface area (Å²) in [5, 5.41) is 34.5. The molecule has 16 heteroatoms. The molecule has 2 saturated heterocycles. The van der Waals surface area contributed by atoms with Gasteiger partial charge in [0.05, 0.1) is 39.6 Å². The van der Waals surface area contributed by atoms with Crippen LogP contribution in [-0.4, -0.2) is 140 Å². The molecule has 15 atom stereocenters. The van der Waals surface area contributed by atoms with Gasteiger partial charge >= 0.3 is 5.97 Å². The number of nitrogens with zero attached hydrogens (tertiary/aromatic N) is 1. The van der Waals surface area contributed by atoms with Crippen LogP contribution >= 0.6 is 0 Å². The van der Waals surface area contributed by atoms with Crippen molar-refractivity contribution in [2.75, 3.05) is 42.1 Å². The van der Waals surface area contributed by atoms with Gasteiger partial charge in [-0.05, 0) is 108 Å². The fourth-order valence-corrected chi connectivity index (χ4v) is 11.6. The topological polar surface area (TPSA) is 214 Å². The van der Waals surface area contributed by atoms with Crippen molar-refractivity contribution in [3.8, 4) is 17.2 Å². The second-order valence-corrected chi connectivity index (χ2v) is 21.9. The highest BCUT2D eigenvalue weighted by atomic mass is 16.6. The van der Waals surface area contributed by atoms with Crippen LogP contribution in [0.15, 0.2) is 59.7 Å². The van der Waals surface area contributed by atoms with Gasteiger partial charge in [0.2, 0.25) is 5.79 Å². The van der Waals surface area contributed by atoms with Gasteiger partial charge in [0.25, 0.3) is 11.7 Å². The first kappa shape index (κ1) is 61.1. The number of rotatable bonds is 9. The van der Waals surface area contributed by atoms with E-state index in [4.69, 9.17) is 33.2 Å². The summed E-state index contributed by atoms with van der Waals surface area (Å²) in [4.78, 5) is 73.2. The molecule has 3 heterocycles. The van der Waals surface area contributed by atoms with Gasteiger partial charge in [-0.25, -0.2) is 4.79 Å². The first-order valence-corrected chi connectivity index (χ1v) is 27.1. The van der Waals surface area contributed by atoms with Crippen LogP contribution in [0.25, 0.3) is 0 Å². The zero-order valence-electron chi connectivity index (χ0n) is 46.6. The van der Waals surface area contributed by atoms with E-state index in [1.165, 1.54) is 12.0 Å². The maximum atomic E-state index is 14.6. The quantitative estimate of drug-likeness (QED) is 0.122. The minimum absolute atomic E-state index is 0.0327. The van der Waals surface area contributed by atoms with Crippen LogP contribution in [-0.2, 0) is 42.9 Å². The zero-order valence-corrected chi connectivity index (χ0v) is 46.6. The van der Waals surface area contributed by atoms with Crippen molar-refractivity contribution in [1.82, 2.24) is 4.90 Å². The Morgan fingerprint density at radius 2 is 1.49 bits per heavy atom. The van der Waals surface area contributed by atoms with E-state index in [0.29, 0.717) is 86.2 Å². The number of hydrogen-bond acceptors (Lipinski definition) is 15. The molecule has 16 nitrogen and oxygen atoms in total. The molecule has 0 aromatic heterocycles. The van der Waals surface area contributed by atoms with Gasteiger partial charge in [0.1, 0.15) is 47.4 Å². The van der Waals surface area contributed by atoms with E-state index in [2.05, 4.69) is 0 Å². The lowest BCUT2D eigenvalue weighted by atomic mass is 9.78. The molecular formula is C59H87NO15. The lowest BCUT2D eigenvalue weighted by Crippen LogP contribution is -2.60. The van der Waals surface area contributed by atoms with Crippen molar-refractivity contribution in [3.05, 3.63) is 65.3 Å². The Balaban J connectivity index is 1.56. The summed E-state index contributed by atoms with van der Waals surface area (Å²) < 4.78 is 41.4. The van der Waals surface area contributed by atoms with E-state index in [-0.39, 0.29) is 61.2 Å². The minimum Gasteiger partial charge on any atom is -0.496 e. The van der Waals surface area contributed by atoms with Gasteiger partial charge in [0.15, 0.2) is 5.78 Å². The van der Waals surface area contributed by atoms with Crippen molar-refractivity contribution >= 4 is 29.2 Å². The number of amides is 1. The predicted octanol–water partition coefficient (Wildman–Crippen LogP) is 7.98. The fourth-order valence-electron chi connectivity index (χ4n) is 11.6. The Kier molecular flexibility index (Phi) is 22.9. The average molecular weight is 1050 g/mol. The number of cyclic esters (lactones) is 1. The molecule has 3 aliphatic heterocycles. The zero-order chi connectivity index (χ0) is 55.3. The van der Waals surface area contributed by atoms with Gasteiger partial charge in [-0.15, -0.1) is 0 Å². The normalized spacial score (nSPS) is 36.4. The van der Waals surface area contributed by atoms with Crippen molar-refractivity contribution in [1.29, 1.82) is 0 Å². The number of piperidine rings is 1. The summed E-state index contributed by atoms with van der Waals surface area (Å²) in [5.74, 6) is -7.38. The van der Waals surface area contributed by atoms with Gasteiger partial charge in [-0.2, -0.15) is 0 Å². The minimum atomic E-state index is -2.52. The van der Waals surface area contributed by atoms with Crippen LogP contribution in [0.1, 0.15) is 137 Å². The Morgan fingerprint density at radius 3 is 2.13 bits per heavy atom. The third-order valence-corrected chi connectivity index (χ3v) is 16.4. The maximum Gasteiger partial charge on any atom is 0.329 e. The van der Waals surface area contributed by atoms with Crippen molar-refractivity contribution in [2.24, 2.45) is 35.5 Å². The summed E-state index contributed by atoms with van der Waals surface area (Å²) in [6, 6.07) is 2.33. The third kappa shape index (κ3) is 15.3. The molecule has 3 N–H and O–H groups in total. The molecule has 1 aromatic rings. The molecule has 4 aliphatic rings. The Labute approximate surface area is 445 Å². The number of aliphatic hydroxyl groups is 3. The molecule has 2 unspecified atom stereocenters. The lowest BCUT2D eigenvalue weighted by molar-refractivity contribution is -0.264. The average Bonchev–Trinajstić information content (AvgIpc) is 3.40. The lowest BCUT2D eigenvalue weighted by Gasteiger charge is -2.43. The number of methoxy groups -OCH3 is 5. The molecule has 1 saturated carbocycles. The number of ketones is 3. The monoisotopic (exact) mass is 1050 g/mol. The third-order valence-electron chi connectivity index (χ3n) is 16.4. The van der Waals surface area contributed by atoms with Crippen molar-refractivity contribution in [3.63, 3.8) is 0 Å². The molecule has 1 aliphatic carbocycles. The number of carbonyl (C=O) groups excluding carboxylic acids is 5. The van der Waals surface area contributed by atoms with Gasteiger partial charge in [-0.3, -0.25) is 19.2 Å². The number of fused-ring (bicyclic) bond motifs is 3. The number of benzene rings is 1. The van der Waals surface area contributed by atoms with E-state index < -0.39 is 83.7 Å². The highest BCUT2D eigenvalue weighted by Gasteiger charge is 2.53. The Hall–Kier alpha value is -4.71. The smallest absolute Gasteiger partial charge is 0.329 e. The molecule has 1 aromatic carbocycles. The van der Waals surface area contributed by atoms with Gasteiger partial charge in [0, 0.05) is 68.6 Å². The highest BCUT2D eigenvalue weighted by molar-refractivity contribution is 6.39. The summed E-state index contributed by atoms with van der Waals surface area (Å²) in [6.45, 7) is 12.7. The van der Waals surface area contributed by atoms with Crippen LogP contribution in [0.3, 0.4) is 0 Å². The van der Waals surface area contributed by atoms with Crippen molar-refractivity contribution in [2.45, 2.75) is 180 Å². The number of allylic oxidation sites excluding steroid dienone is 7. The van der Waals surface area contributed by atoms with E-state index in [0.717, 1.165) is 5.57 Å². The Morgan fingerprint density at radius 1 is 0.800 bits per heavy atom. The molecule has 75 heavy (non-hydrogen) atoms. The fraction of sp³-hybridized carbons (Fsp3) is 0.678. The second-order valence-electron chi connectivity index (χ2n) is 21.9. The standard InChI is InChI=1S/C59H87NO15/c1-34-18-14-13-15-19-35(2)44(52-50(71-10)31-43(69-8)32-51(52)72-11)30-42-23-21-40(7)59(68,75-42)56(65)57(66)60-25-17-16-20-45(60)58(67)74-48(37(4)28-41-22-24-46(61)49(29-41)70-9)33-47(62)36(3)27-39(6)54(64)55(73-12)53(63)38(5)26-34/h13-15,18-19,27,31-32,34,36-38,40-42,44-46,48-49,54-55,61,64,68H,16-17,20-26,28-30,33H2,1-12H3/b15-13+,18-14+,35-19+,39-27+/t34-,36-,37-,38-,40-,41+,42+,44?,45+,46-,48+,49-,54-,55?,59-/m1/s1. The molecule has 5 rings (SSSR count). The van der Waals surface area contributed by atoms with Crippen LogP contribution in [0.5, 0.6) is 17.2 Å². The summed E-state index contributed by atoms with van der Waals surface area (Å²) in [6.07, 6.45) is 11.0. The summed E-state index contributed by atoms with van der Waals surface area (Å²) in [7, 11) is 7.58. The SMILES string of the molecule is COc1cc(OC)c(C2C[C@@H]3CC[C@@H](C)[C@@](O)(O3)C(=O)C(=O)N3CCCC[C@H]3C(=O)O[C@H]([C@H](C)C[C@@H]3CC[C@@H](O)[C@H](OC)C3)CC(=O)[C@H](C)/C=C(\C)[C@@H](O)C(OC)C(=O)[C@H](C)C[C@H](C)/C=C/C=C/C=C/2C)c(OC)c1. The van der Waals surface area contributed by atoms with Crippen LogP contribution in [0.4, 0.5) is 0 Å². The molecule has 0 spiro atoms. The summed E-state index contributed by atoms with van der Waals surface area (Å²) >= 11 is 0. The van der Waals surface area contributed by atoms with E-state index in [1.54, 1.807) is 67.4 Å². The molecule has 418 valence electrons. The first-order chi connectivity index (χ1) is 35.6. The van der Waals surface area contributed by atoms with Crippen molar-refractivity contribution < 1.29 is 72.5 Å².